The van der Waals surface area contributed by atoms with Crippen molar-refractivity contribution in [3.05, 3.63) is 95.6 Å². The Morgan fingerprint density at radius 3 is 1.95 bits per heavy atom. The number of amides is 3. The number of methoxy groups -OCH3 is 2. The van der Waals surface area contributed by atoms with E-state index in [9.17, 15) is 19.8 Å². The molecule has 11 heteroatoms. The van der Waals surface area contributed by atoms with Crippen LogP contribution in [0.15, 0.2) is 78.9 Å². The van der Waals surface area contributed by atoms with Crippen LogP contribution in [0.2, 0.25) is 0 Å². The fourth-order valence-corrected chi connectivity index (χ4v) is 5.80. The second-order valence-electron chi connectivity index (χ2n) is 9.78. The van der Waals surface area contributed by atoms with Gasteiger partial charge in [-0.1, -0.05) is 77.2 Å². The van der Waals surface area contributed by atoms with Crippen LogP contribution in [-0.2, 0) is 19.9 Å². The van der Waals surface area contributed by atoms with Gasteiger partial charge in [0.25, 0.3) is 0 Å². The van der Waals surface area contributed by atoms with Crippen molar-refractivity contribution in [2.24, 2.45) is 0 Å². The average Bonchev–Trinajstić information content (AvgIpc) is 3.29. The summed E-state index contributed by atoms with van der Waals surface area (Å²) in [7, 11) is 3.19. The van der Waals surface area contributed by atoms with Crippen LogP contribution in [0, 0.1) is 0 Å². The molecule has 5 atom stereocenters. The molecule has 10 nitrogen and oxygen atoms in total. The molecular weight excluding hydrogens is 643 g/mol. The summed E-state index contributed by atoms with van der Waals surface area (Å²) in [6.07, 6.45) is -4.89. The number of benzene rings is 3. The topological polar surface area (TPSA) is 127 Å². The quantitative estimate of drug-likeness (QED) is 0.180. The van der Waals surface area contributed by atoms with Gasteiger partial charge in [-0.3, -0.25) is 15.0 Å². The second-order valence-corrected chi connectivity index (χ2v) is 11.3. The van der Waals surface area contributed by atoms with Crippen molar-refractivity contribution in [1.82, 2.24) is 10.2 Å². The summed E-state index contributed by atoms with van der Waals surface area (Å²) in [5.41, 5.74) is 1.25. The van der Waals surface area contributed by atoms with Gasteiger partial charge in [-0.05, 0) is 41.0 Å². The number of aliphatic hydroxyl groups excluding tert-OH is 2. The molecule has 2 aliphatic rings. The number of halogens is 1. The van der Waals surface area contributed by atoms with Crippen LogP contribution in [0.1, 0.15) is 16.7 Å². The molecule has 1 unspecified atom stereocenters. The van der Waals surface area contributed by atoms with E-state index in [1.54, 1.807) is 14.2 Å². The van der Waals surface area contributed by atoms with Gasteiger partial charge >= 0.3 is 6.03 Å². The van der Waals surface area contributed by atoms with Gasteiger partial charge in [0.15, 0.2) is 6.23 Å². The number of nitrogens with zero attached hydrogens (tertiary/aromatic N) is 1. The molecule has 3 aromatic rings. The van der Waals surface area contributed by atoms with Gasteiger partial charge < -0.3 is 29.2 Å². The number of aliphatic hydroxyl groups is 2. The SMILES string of the molecule is COc1ccc(C(OC[C@H]2O[C@@H](N3CC(I)C(=O)NC3=O)[C@H](O)[C@@H]2O)(c2ccccc2)c2ccc(OC)cc2)cc1. The largest absolute Gasteiger partial charge is 0.497 e. The Balaban J connectivity index is 1.51. The van der Waals surface area contributed by atoms with Crippen LogP contribution in [-0.4, -0.2) is 82.9 Å². The van der Waals surface area contributed by atoms with E-state index < -0.39 is 46.0 Å². The van der Waals surface area contributed by atoms with Crippen LogP contribution in [0.3, 0.4) is 0 Å². The monoisotopic (exact) mass is 674 g/mol. The molecule has 0 spiro atoms. The van der Waals surface area contributed by atoms with Crippen molar-refractivity contribution >= 4 is 34.5 Å². The molecule has 0 aliphatic carbocycles. The van der Waals surface area contributed by atoms with Crippen LogP contribution < -0.4 is 14.8 Å². The van der Waals surface area contributed by atoms with Crippen LogP contribution >= 0.6 is 22.6 Å². The van der Waals surface area contributed by atoms with E-state index >= 15 is 0 Å². The predicted molar refractivity (Wildman–Crippen MR) is 157 cm³/mol. The van der Waals surface area contributed by atoms with Gasteiger partial charge in [-0.2, -0.15) is 0 Å². The van der Waals surface area contributed by atoms with E-state index in [4.69, 9.17) is 18.9 Å². The van der Waals surface area contributed by atoms with E-state index in [1.807, 2.05) is 101 Å². The van der Waals surface area contributed by atoms with Gasteiger partial charge in [-0.25, -0.2) is 4.79 Å². The summed E-state index contributed by atoms with van der Waals surface area (Å²) in [4.78, 5) is 25.7. The highest BCUT2D eigenvalue weighted by Gasteiger charge is 2.50. The maximum atomic E-state index is 12.5. The third-order valence-electron chi connectivity index (χ3n) is 7.41. The average molecular weight is 674 g/mol. The summed E-state index contributed by atoms with van der Waals surface area (Å²) in [6, 6.07) is 24.0. The molecule has 3 aromatic carbocycles. The highest BCUT2D eigenvalue weighted by atomic mass is 127. The molecule has 2 heterocycles. The number of carbonyl (C=O) groups excluding carboxylic acids is 2. The lowest BCUT2D eigenvalue weighted by Crippen LogP contribution is -2.60. The lowest BCUT2D eigenvalue weighted by molar-refractivity contribution is -0.126. The molecule has 0 aromatic heterocycles. The number of alkyl halides is 1. The number of ether oxygens (including phenoxy) is 4. The standard InChI is InChI=1S/C30H31IN2O8/c1-38-21-12-8-19(9-13-21)30(18-6-4-3-5-7-18,20-10-14-22(39-2)15-11-20)40-17-24-25(34)26(35)28(41-24)33-16-23(31)27(36)32-29(33)37/h3-15,23-26,28,34-35H,16-17H2,1-2H3,(H,32,36,37)/t23?,24-,25-,26-,28-/m1/s1. The van der Waals surface area contributed by atoms with Gasteiger partial charge in [-0.15, -0.1) is 0 Å². The molecule has 5 rings (SSSR count). The molecule has 41 heavy (non-hydrogen) atoms. The van der Waals surface area contributed by atoms with E-state index in [0.29, 0.717) is 11.5 Å². The minimum atomic E-state index is -1.40. The molecule has 2 aliphatic heterocycles. The highest BCUT2D eigenvalue weighted by Crippen LogP contribution is 2.42. The van der Waals surface area contributed by atoms with E-state index in [1.165, 1.54) is 4.90 Å². The van der Waals surface area contributed by atoms with Crippen molar-refractivity contribution in [3.63, 3.8) is 0 Å². The van der Waals surface area contributed by atoms with Crippen molar-refractivity contribution in [1.29, 1.82) is 0 Å². The second kappa shape index (κ2) is 12.3. The van der Waals surface area contributed by atoms with Crippen LogP contribution in [0.4, 0.5) is 4.79 Å². The Labute approximate surface area is 251 Å². The number of urea groups is 1. The zero-order valence-corrected chi connectivity index (χ0v) is 24.6. The Morgan fingerprint density at radius 1 is 0.878 bits per heavy atom. The molecule has 2 saturated heterocycles. The Bertz CT molecular complexity index is 1310. The van der Waals surface area contributed by atoms with E-state index in [0.717, 1.165) is 16.7 Å². The minimum absolute atomic E-state index is 0.0406. The van der Waals surface area contributed by atoms with Crippen LogP contribution in [0.25, 0.3) is 0 Å². The van der Waals surface area contributed by atoms with E-state index in [2.05, 4.69) is 5.32 Å². The van der Waals surface area contributed by atoms with Crippen molar-refractivity contribution in [3.8, 4) is 11.5 Å². The summed E-state index contributed by atoms with van der Waals surface area (Å²) in [5.74, 6) is 0.946. The molecule has 0 saturated carbocycles. The lowest BCUT2D eigenvalue weighted by atomic mass is 9.80. The number of rotatable bonds is 9. The van der Waals surface area contributed by atoms with E-state index in [-0.39, 0.29) is 13.2 Å². The number of imide groups is 1. The fraction of sp³-hybridized carbons (Fsp3) is 0.333. The number of carbonyl (C=O) groups is 2. The molecular formula is C30H31IN2O8. The van der Waals surface area contributed by atoms with Gasteiger partial charge in [0.2, 0.25) is 5.91 Å². The first-order valence-electron chi connectivity index (χ1n) is 13.0. The Kier molecular flexibility index (Phi) is 8.80. The lowest BCUT2D eigenvalue weighted by Gasteiger charge is -2.37. The summed E-state index contributed by atoms with van der Waals surface area (Å²) in [5, 5.41) is 24.1. The molecule has 3 amide bonds. The zero-order chi connectivity index (χ0) is 29.1. The van der Waals surface area contributed by atoms with Crippen molar-refractivity contribution < 1.29 is 38.7 Å². The van der Waals surface area contributed by atoms with Gasteiger partial charge in [0.05, 0.1) is 20.8 Å². The number of nitrogens with one attached hydrogen (secondary N) is 1. The maximum absolute atomic E-state index is 12.5. The summed E-state index contributed by atoms with van der Waals surface area (Å²) >= 11 is 1.92. The van der Waals surface area contributed by atoms with Gasteiger partial charge in [0.1, 0.15) is 39.3 Å². The first-order chi connectivity index (χ1) is 19.8. The minimum Gasteiger partial charge on any atom is -0.497 e. The zero-order valence-electron chi connectivity index (χ0n) is 22.5. The predicted octanol–water partition coefficient (Wildman–Crippen LogP) is 2.81. The normalized spacial score (nSPS) is 24.7. The van der Waals surface area contributed by atoms with Crippen molar-refractivity contribution in [2.75, 3.05) is 27.4 Å². The molecule has 3 N–H and O–H groups in total. The fourth-order valence-electron chi connectivity index (χ4n) is 5.22. The first kappa shape index (κ1) is 29.3. The summed E-state index contributed by atoms with van der Waals surface area (Å²) in [6.45, 7) is -0.0946. The third-order valence-corrected chi connectivity index (χ3v) is 8.37. The molecule has 216 valence electrons. The molecule has 0 bridgehead atoms. The molecule has 2 fully saturated rings. The number of hydrogen-bond acceptors (Lipinski definition) is 8. The number of hydrogen-bond donors (Lipinski definition) is 3. The Hall–Kier alpha value is -3.23. The molecule has 0 radical (unpaired) electrons. The Morgan fingerprint density at radius 2 is 1.41 bits per heavy atom. The summed E-state index contributed by atoms with van der Waals surface area (Å²) < 4.78 is 23.1. The van der Waals surface area contributed by atoms with Crippen LogP contribution in [0.5, 0.6) is 11.5 Å². The van der Waals surface area contributed by atoms with Gasteiger partial charge in [0, 0.05) is 6.54 Å². The maximum Gasteiger partial charge on any atom is 0.326 e. The first-order valence-corrected chi connectivity index (χ1v) is 14.3. The van der Waals surface area contributed by atoms with Crippen molar-refractivity contribution in [2.45, 2.75) is 34.1 Å². The third kappa shape index (κ3) is 5.64. The highest BCUT2D eigenvalue weighted by molar-refractivity contribution is 14.1. The smallest absolute Gasteiger partial charge is 0.326 e.